The Hall–Kier alpha value is -1.83. The van der Waals surface area contributed by atoms with Crippen molar-refractivity contribution in [3.05, 3.63) is 41.7 Å². The van der Waals surface area contributed by atoms with Crippen LogP contribution in [0.3, 0.4) is 0 Å². The predicted octanol–water partition coefficient (Wildman–Crippen LogP) is 4.06. The fourth-order valence-electron chi connectivity index (χ4n) is 4.61. The van der Waals surface area contributed by atoms with E-state index in [4.69, 9.17) is 14.5 Å². The van der Waals surface area contributed by atoms with Gasteiger partial charge in [0.1, 0.15) is 11.5 Å². The molecule has 31 heavy (non-hydrogen) atoms. The maximum atomic E-state index is 5.58. The Morgan fingerprint density at radius 1 is 1.03 bits per heavy atom. The molecular formula is C24H34N4O2S. The van der Waals surface area contributed by atoms with Crippen LogP contribution in [0.1, 0.15) is 42.9 Å². The lowest BCUT2D eigenvalue weighted by atomic mass is 9.94. The van der Waals surface area contributed by atoms with Crippen LogP contribution in [-0.2, 0) is 6.54 Å². The third-order valence-electron chi connectivity index (χ3n) is 6.30. The van der Waals surface area contributed by atoms with Crippen molar-refractivity contribution in [3.63, 3.8) is 0 Å². The summed E-state index contributed by atoms with van der Waals surface area (Å²) in [6, 6.07) is 8.13. The minimum atomic E-state index is 0.450. The van der Waals surface area contributed by atoms with Gasteiger partial charge in [-0.2, -0.15) is 0 Å². The summed E-state index contributed by atoms with van der Waals surface area (Å²) in [7, 11) is 3.44. The summed E-state index contributed by atoms with van der Waals surface area (Å²) in [6.45, 7) is 6.60. The highest BCUT2D eigenvalue weighted by atomic mass is 32.2. The minimum absolute atomic E-state index is 0.450. The van der Waals surface area contributed by atoms with Crippen LogP contribution in [0.5, 0.6) is 11.5 Å². The summed E-state index contributed by atoms with van der Waals surface area (Å²) < 4.78 is 11.0. The first-order valence-electron chi connectivity index (χ1n) is 11.4. The molecule has 2 aromatic rings. The van der Waals surface area contributed by atoms with Crippen molar-refractivity contribution < 1.29 is 9.47 Å². The van der Waals surface area contributed by atoms with E-state index in [9.17, 15) is 0 Å². The van der Waals surface area contributed by atoms with E-state index in [1.165, 1.54) is 50.0 Å². The van der Waals surface area contributed by atoms with Crippen molar-refractivity contribution >= 4 is 11.8 Å². The van der Waals surface area contributed by atoms with E-state index >= 15 is 0 Å². The van der Waals surface area contributed by atoms with Gasteiger partial charge in [-0.05, 0) is 69.6 Å². The molecule has 0 radical (unpaired) electrons. The fourth-order valence-corrected chi connectivity index (χ4v) is 5.45. The maximum Gasteiger partial charge on any atom is 0.187 e. The quantitative estimate of drug-likeness (QED) is 0.429. The largest absolute Gasteiger partial charge is 0.497 e. The molecule has 0 bridgehead atoms. The van der Waals surface area contributed by atoms with Crippen molar-refractivity contribution in [1.29, 1.82) is 0 Å². The molecule has 7 heteroatoms. The molecule has 4 rings (SSSR count). The summed E-state index contributed by atoms with van der Waals surface area (Å²) >= 11 is 1.79. The zero-order valence-corrected chi connectivity index (χ0v) is 19.6. The Bertz CT molecular complexity index is 844. The molecular weight excluding hydrogens is 408 g/mol. The Labute approximate surface area is 190 Å². The van der Waals surface area contributed by atoms with Crippen molar-refractivity contribution in [2.75, 3.05) is 52.7 Å². The van der Waals surface area contributed by atoms with Crippen LogP contribution in [0.15, 0.2) is 35.6 Å². The van der Waals surface area contributed by atoms with Crippen LogP contribution < -0.4 is 9.47 Å². The lowest BCUT2D eigenvalue weighted by molar-refractivity contribution is 0.195. The Kier molecular flexibility index (Phi) is 8.05. The van der Waals surface area contributed by atoms with Gasteiger partial charge < -0.3 is 14.4 Å². The van der Waals surface area contributed by atoms with Gasteiger partial charge in [0.25, 0.3) is 0 Å². The van der Waals surface area contributed by atoms with Gasteiger partial charge in [0, 0.05) is 48.8 Å². The van der Waals surface area contributed by atoms with E-state index in [0.29, 0.717) is 5.92 Å². The number of nitrogens with zero attached hydrogens (tertiary/aromatic N) is 4. The molecule has 2 aliphatic heterocycles. The van der Waals surface area contributed by atoms with E-state index in [1.807, 2.05) is 18.3 Å². The number of piperidine rings is 1. The molecule has 2 fully saturated rings. The number of hydrogen-bond donors (Lipinski definition) is 0. The standard InChI is InChI=1S/C24H34N4O2S/c1-29-21-7-8-23(30-2)20(16-21)18-28-13-5-6-19(17-28)22-9-10-25-24(26-22)31-15-14-27-11-3-4-12-27/h7-10,16,19H,3-6,11-15,17-18H2,1-2H3/t19-/m0/s1. The molecule has 1 aromatic carbocycles. The molecule has 6 nitrogen and oxygen atoms in total. The second kappa shape index (κ2) is 11.2. The number of benzene rings is 1. The number of hydrogen-bond acceptors (Lipinski definition) is 7. The predicted molar refractivity (Wildman–Crippen MR) is 125 cm³/mol. The SMILES string of the molecule is COc1ccc(OC)c(CN2CCC[C@H](c3ccnc(SCCN4CCCC4)n3)C2)c1. The number of likely N-dealkylation sites (tertiary alicyclic amines) is 2. The number of methoxy groups -OCH3 is 2. The Morgan fingerprint density at radius 3 is 2.68 bits per heavy atom. The van der Waals surface area contributed by atoms with E-state index in [1.54, 1.807) is 26.0 Å². The van der Waals surface area contributed by atoms with E-state index < -0.39 is 0 Å². The molecule has 2 aliphatic rings. The third-order valence-corrected chi connectivity index (χ3v) is 7.14. The molecule has 1 atom stereocenters. The second-order valence-electron chi connectivity index (χ2n) is 8.41. The van der Waals surface area contributed by atoms with Gasteiger partial charge in [-0.3, -0.25) is 4.90 Å². The van der Waals surface area contributed by atoms with Gasteiger partial charge in [-0.1, -0.05) is 11.8 Å². The van der Waals surface area contributed by atoms with E-state index in [-0.39, 0.29) is 0 Å². The number of ether oxygens (including phenoxy) is 2. The van der Waals surface area contributed by atoms with Gasteiger partial charge in [0.15, 0.2) is 5.16 Å². The first-order chi connectivity index (χ1) is 15.2. The van der Waals surface area contributed by atoms with Gasteiger partial charge in [0.05, 0.1) is 14.2 Å². The maximum absolute atomic E-state index is 5.58. The Morgan fingerprint density at radius 2 is 1.87 bits per heavy atom. The zero-order valence-electron chi connectivity index (χ0n) is 18.8. The summed E-state index contributed by atoms with van der Waals surface area (Å²) in [5.41, 5.74) is 2.35. The van der Waals surface area contributed by atoms with Gasteiger partial charge >= 0.3 is 0 Å². The molecule has 1 aromatic heterocycles. The van der Waals surface area contributed by atoms with Gasteiger partial charge in [0.2, 0.25) is 0 Å². The number of rotatable bonds is 9. The van der Waals surface area contributed by atoms with Crippen molar-refractivity contribution in [2.45, 2.75) is 43.3 Å². The molecule has 168 valence electrons. The molecule has 0 saturated carbocycles. The van der Waals surface area contributed by atoms with Crippen LogP contribution in [0.2, 0.25) is 0 Å². The van der Waals surface area contributed by atoms with Crippen LogP contribution in [0.4, 0.5) is 0 Å². The molecule has 3 heterocycles. The average Bonchev–Trinajstić information content (AvgIpc) is 3.33. The Balaban J connectivity index is 1.36. The monoisotopic (exact) mass is 442 g/mol. The summed E-state index contributed by atoms with van der Waals surface area (Å²) in [5, 5.41) is 0.920. The fraction of sp³-hybridized carbons (Fsp3) is 0.583. The summed E-state index contributed by atoms with van der Waals surface area (Å²) in [6.07, 6.45) is 6.98. The molecule has 0 aliphatic carbocycles. The highest BCUT2D eigenvalue weighted by Crippen LogP contribution is 2.30. The number of thioether (sulfide) groups is 1. The summed E-state index contributed by atoms with van der Waals surface area (Å²) in [5.74, 6) is 3.30. The molecule has 0 N–H and O–H groups in total. The molecule has 0 amide bonds. The van der Waals surface area contributed by atoms with Crippen LogP contribution in [0.25, 0.3) is 0 Å². The highest BCUT2D eigenvalue weighted by molar-refractivity contribution is 7.99. The smallest absolute Gasteiger partial charge is 0.187 e. The third kappa shape index (κ3) is 6.11. The van der Waals surface area contributed by atoms with E-state index in [2.05, 4.69) is 26.9 Å². The van der Waals surface area contributed by atoms with Crippen molar-refractivity contribution in [1.82, 2.24) is 19.8 Å². The second-order valence-corrected chi connectivity index (χ2v) is 9.48. The van der Waals surface area contributed by atoms with Crippen LogP contribution in [0, 0.1) is 0 Å². The topological polar surface area (TPSA) is 50.7 Å². The summed E-state index contributed by atoms with van der Waals surface area (Å²) in [4.78, 5) is 14.5. The molecule has 0 spiro atoms. The first kappa shape index (κ1) is 22.4. The molecule has 2 saturated heterocycles. The van der Waals surface area contributed by atoms with Crippen LogP contribution in [-0.4, -0.2) is 72.5 Å². The zero-order chi connectivity index (χ0) is 21.5. The lowest BCUT2D eigenvalue weighted by Crippen LogP contribution is -2.34. The average molecular weight is 443 g/mol. The van der Waals surface area contributed by atoms with Crippen molar-refractivity contribution in [3.8, 4) is 11.5 Å². The van der Waals surface area contributed by atoms with Gasteiger partial charge in [-0.25, -0.2) is 9.97 Å². The lowest BCUT2D eigenvalue weighted by Gasteiger charge is -2.32. The molecule has 0 unspecified atom stereocenters. The van der Waals surface area contributed by atoms with Crippen molar-refractivity contribution in [2.24, 2.45) is 0 Å². The number of aromatic nitrogens is 2. The normalized spacial score (nSPS) is 20.1. The minimum Gasteiger partial charge on any atom is -0.497 e. The van der Waals surface area contributed by atoms with Gasteiger partial charge in [-0.15, -0.1) is 0 Å². The highest BCUT2D eigenvalue weighted by Gasteiger charge is 2.24. The van der Waals surface area contributed by atoms with E-state index in [0.717, 1.165) is 48.6 Å². The van der Waals surface area contributed by atoms with Crippen LogP contribution >= 0.6 is 11.8 Å². The first-order valence-corrected chi connectivity index (χ1v) is 12.3.